The van der Waals surface area contributed by atoms with Crippen molar-refractivity contribution in [2.75, 3.05) is 26.7 Å². The van der Waals surface area contributed by atoms with Crippen LogP contribution in [0.3, 0.4) is 0 Å². The molecule has 2 unspecified atom stereocenters. The third-order valence-electron chi connectivity index (χ3n) is 4.14. The van der Waals surface area contributed by atoms with Gasteiger partial charge in [0.05, 0.1) is 0 Å². The molecular weight excluding hydrogens is 256 g/mol. The third kappa shape index (κ3) is 3.31. The average Bonchev–Trinajstić information content (AvgIpc) is 2.77. The number of likely N-dealkylation sites (tertiary alicyclic amines) is 1. The van der Waals surface area contributed by atoms with Crippen LogP contribution in [0.5, 0.6) is 0 Å². The summed E-state index contributed by atoms with van der Waals surface area (Å²) in [5.74, 6) is 0.690. The fourth-order valence-electron chi connectivity index (χ4n) is 3.22. The summed E-state index contributed by atoms with van der Waals surface area (Å²) < 4.78 is 0. The van der Waals surface area contributed by atoms with E-state index < -0.39 is 0 Å². The predicted molar refractivity (Wildman–Crippen MR) is 82.8 cm³/mol. The lowest BCUT2D eigenvalue weighted by Crippen LogP contribution is -2.29. The summed E-state index contributed by atoms with van der Waals surface area (Å²) in [6.07, 6.45) is 2.49. The summed E-state index contributed by atoms with van der Waals surface area (Å²) in [6, 6.07) is 7.09. The lowest BCUT2D eigenvalue weighted by atomic mass is 9.93. The fourth-order valence-corrected chi connectivity index (χ4v) is 3.41. The molecule has 1 N–H and O–H groups in total. The van der Waals surface area contributed by atoms with Crippen LogP contribution in [0.15, 0.2) is 18.2 Å². The largest absolute Gasteiger partial charge is 0.319 e. The summed E-state index contributed by atoms with van der Waals surface area (Å²) in [7, 11) is 2.04. The summed E-state index contributed by atoms with van der Waals surface area (Å²) in [5.41, 5.74) is 2.54. The molecule has 0 aromatic heterocycles. The van der Waals surface area contributed by atoms with Crippen LogP contribution >= 0.6 is 11.6 Å². The van der Waals surface area contributed by atoms with Gasteiger partial charge in [0, 0.05) is 11.1 Å². The molecule has 0 saturated carbocycles. The van der Waals surface area contributed by atoms with E-state index in [9.17, 15) is 0 Å². The van der Waals surface area contributed by atoms with E-state index in [2.05, 4.69) is 42.3 Å². The topological polar surface area (TPSA) is 15.3 Å². The average molecular weight is 281 g/mol. The van der Waals surface area contributed by atoms with E-state index in [1.54, 1.807) is 0 Å². The molecular formula is C16H25ClN2. The van der Waals surface area contributed by atoms with Crippen LogP contribution in [0.1, 0.15) is 36.9 Å². The fraction of sp³-hybridized carbons (Fsp3) is 0.625. The van der Waals surface area contributed by atoms with Crippen LogP contribution in [0.2, 0.25) is 5.02 Å². The van der Waals surface area contributed by atoms with Crippen molar-refractivity contribution in [3.05, 3.63) is 34.3 Å². The number of hydrogen-bond donors (Lipinski definition) is 1. The molecule has 0 spiro atoms. The molecule has 1 heterocycles. The molecule has 1 aromatic carbocycles. The Bertz CT molecular complexity index is 405. The van der Waals surface area contributed by atoms with Gasteiger partial charge in [-0.2, -0.15) is 0 Å². The van der Waals surface area contributed by atoms with Crippen molar-refractivity contribution in [2.45, 2.75) is 32.7 Å². The van der Waals surface area contributed by atoms with Crippen LogP contribution in [0, 0.1) is 12.8 Å². The molecule has 0 bridgehead atoms. The van der Waals surface area contributed by atoms with E-state index in [1.807, 2.05) is 7.05 Å². The maximum absolute atomic E-state index is 6.31. The van der Waals surface area contributed by atoms with Crippen molar-refractivity contribution in [1.82, 2.24) is 10.2 Å². The molecule has 2 nitrogen and oxygen atoms in total. The molecule has 0 amide bonds. The first-order valence-corrected chi connectivity index (χ1v) is 7.69. The van der Waals surface area contributed by atoms with Crippen molar-refractivity contribution < 1.29 is 0 Å². The Balaban J connectivity index is 2.26. The van der Waals surface area contributed by atoms with Crippen molar-refractivity contribution in [2.24, 2.45) is 5.92 Å². The Morgan fingerprint density at radius 1 is 1.42 bits per heavy atom. The molecule has 1 fully saturated rings. The number of rotatable bonds is 5. The van der Waals surface area contributed by atoms with Crippen LogP contribution in [-0.4, -0.2) is 31.6 Å². The first-order chi connectivity index (χ1) is 9.17. The monoisotopic (exact) mass is 280 g/mol. The Morgan fingerprint density at radius 3 is 2.84 bits per heavy atom. The van der Waals surface area contributed by atoms with E-state index in [-0.39, 0.29) is 0 Å². The van der Waals surface area contributed by atoms with Crippen LogP contribution in [0.25, 0.3) is 0 Å². The zero-order valence-electron chi connectivity index (χ0n) is 12.2. The number of halogens is 1. The van der Waals surface area contributed by atoms with E-state index in [4.69, 9.17) is 11.6 Å². The number of hydrogen-bond acceptors (Lipinski definition) is 2. The zero-order chi connectivity index (χ0) is 13.8. The minimum Gasteiger partial charge on any atom is -0.319 e. The van der Waals surface area contributed by atoms with Crippen LogP contribution in [-0.2, 0) is 0 Å². The highest BCUT2D eigenvalue weighted by Crippen LogP contribution is 2.38. The first-order valence-electron chi connectivity index (χ1n) is 7.32. The third-order valence-corrected chi connectivity index (χ3v) is 4.55. The van der Waals surface area contributed by atoms with Gasteiger partial charge in [0.2, 0.25) is 0 Å². The predicted octanol–water partition coefficient (Wildman–Crippen LogP) is 3.64. The number of benzene rings is 1. The molecule has 1 saturated heterocycles. The van der Waals surface area contributed by atoms with Gasteiger partial charge in [-0.05, 0) is 69.6 Å². The van der Waals surface area contributed by atoms with Crippen molar-refractivity contribution in [1.29, 1.82) is 0 Å². The van der Waals surface area contributed by atoms with Gasteiger partial charge in [0.1, 0.15) is 0 Å². The minimum atomic E-state index is 0.519. The molecule has 1 aromatic rings. The van der Waals surface area contributed by atoms with Crippen molar-refractivity contribution in [3.8, 4) is 0 Å². The minimum absolute atomic E-state index is 0.519. The summed E-state index contributed by atoms with van der Waals surface area (Å²) in [4.78, 5) is 2.61. The van der Waals surface area contributed by atoms with E-state index in [0.717, 1.165) is 17.1 Å². The number of aryl methyl sites for hydroxylation is 1. The molecule has 1 aliphatic rings. The molecule has 2 rings (SSSR count). The van der Waals surface area contributed by atoms with Gasteiger partial charge in [-0.1, -0.05) is 30.7 Å². The highest BCUT2D eigenvalue weighted by atomic mass is 35.5. The Kier molecular flexibility index (Phi) is 5.26. The summed E-state index contributed by atoms with van der Waals surface area (Å²) in [6.45, 7) is 7.78. The normalized spacial score (nSPS) is 24.0. The Hall–Kier alpha value is -0.570. The highest BCUT2D eigenvalue weighted by Gasteiger charge is 2.34. The second-order valence-corrected chi connectivity index (χ2v) is 6.00. The van der Waals surface area contributed by atoms with Crippen LogP contribution in [0.4, 0.5) is 0 Å². The van der Waals surface area contributed by atoms with Gasteiger partial charge in [0.25, 0.3) is 0 Å². The second-order valence-electron chi connectivity index (χ2n) is 5.60. The Labute approximate surface area is 122 Å². The number of nitrogens with zero attached hydrogens (tertiary/aromatic N) is 1. The highest BCUT2D eigenvalue weighted by molar-refractivity contribution is 6.31. The SMILES string of the molecule is CCCN1CCC(CNC)C1c1ccc(C)c(Cl)c1. The van der Waals surface area contributed by atoms with E-state index >= 15 is 0 Å². The maximum atomic E-state index is 6.31. The standard InChI is InChI=1S/C16H25ClN2/c1-4-8-19-9-7-14(11-18-3)16(19)13-6-5-12(2)15(17)10-13/h5-6,10,14,16,18H,4,7-9,11H2,1-3H3. The Morgan fingerprint density at radius 2 is 2.21 bits per heavy atom. The van der Waals surface area contributed by atoms with Crippen molar-refractivity contribution >= 4 is 11.6 Å². The lowest BCUT2D eigenvalue weighted by Gasteiger charge is -2.28. The van der Waals surface area contributed by atoms with Gasteiger partial charge in [-0.15, -0.1) is 0 Å². The van der Waals surface area contributed by atoms with Crippen molar-refractivity contribution in [3.63, 3.8) is 0 Å². The lowest BCUT2D eigenvalue weighted by molar-refractivity contribution is 0.227. The van der Waals surface area contributed by atoms with Crippen LogP contribution < -0.4 is 5.32 Å². The van der Waals surface area contributed by atoms with Gasteiger partial charge in [-0.3, -0.25) is 4.90 Å². The summed E-state index contributed by atoms with van der Waals surface area (Å²) >= 11 is 6.31. The molecule has 0 aliphatic carbocycles. The molecule has 106 valence electrons. The maximum Gasteiger partial charge on any atom is 0.0438 e. The van der Waals surface area contributed by atoms with E-state index in [0.29, 0.717) is 12.0 Å². The zero-order valence-corrected chi connectivity index (χ0v) is 13.0. The van der Waals surface area contributed by atoms with Gasteiger partial charge < -0.3 is 5.32 Å². The van der Waals surface area contributed by atoms with Gasteiger partial charge >= 0.3 is 0 Å². The molecule has 2 atom stereocenters. The number of nitrogens with one attached hydrogen (secondary N) is 1. The van der Waals surface area contributed by atoms with Gasteiger partial charge in [-0.25, -0.2) is 0 Å². The smallest absolute Gasteiger partial charge is 0.0438 e. The quantitative estimate of drug-likeness (QED) is 0.886. The molecule has 19 heavy (non-hydrogen) atoms. The molecule has 0 radical (unpaired) electrons. The second kappa shape index (κ2) is 6.74. The first kappa shape index (κ1) is 14.8. The van der Waals surface area contributed by atoms with Gasteiger partial charge in [0.15, 0.2) is 0 Å². The van der Waals surface area contributed by atoms with E-state index in [1.165, 1.54) is 31.5 Å². The summed E-state index contributed by atoms with van der Waals surface area (Å²) in [5, 5.41) is 4.23. The molecule has 3 heteroatoms. The molecule has 1 aliphatic heterocycles.